The number of rotatable bonds is 5. The molecule has 0 saturated carbocycles. The Morgan fingerprint density at radius 1 is 1.44 bits per heavy atom. The molecule has 16 heavy (non-hydrogen) atoms. The molecule has 0 heterocycles. The predicted molar refractivity (Wildman–Crippen MR) is 64.2 cm³/mol. The number of nitrogens with two attached hydrogens (primary N) is 1. The van der Waals surface area contributed by atoms with Crippen LogP contribution in [0.5, 0.6) is 5.75 Å². The van der Waals surface area contributed by atoms with E-state index in [-0.39, 0.29) is 12.4 Å². The minimum atomic E-state index is -0.955. The van der Waals surface area contributed by atoms with Crippen molar-refractivity contribution in [1.82, 2.24) is 0 Å². The Balaban J connectivity index is 0.00000225. The summed E-state index contributed by atoms with van der Waals surface area (Å²) in [5.41, 5.74) is 6.46. The van der Waals surface area contributed by atoms with E-state index in [9.17, 15) is 4.79 Å². The summed E-state index contributed by atoms with van der Waals surface area (Å²) in [4.78, 5) is 10.5. The first-order valence-electron chi connectivity index (χ1n) is 4.75. The van der Waals surface area contributed by atoms with Crippen molar-refractivity contribution in [3.63, 3.8) is 0 Å². The molecule has 0 aromatic heterocycles. The van der Waals surface area contributed by atoms with Gasteiger partial charge in [-0.15, -0.1) is 12.4 Å². The number of hydrogen-bond donors (Lipinski definition) is 2. The minimum absolute atomic E-state index is 0. The Hall–Kier alpha value is -1.26. The molecule has 1 rings (SSSR count). The van der Waals surface area contributed by atoms with E-state index in [1.165, 1.54) is 0 Å². The number of halogens is 1. The van der Waals surface area contributed by atoms with Crippen LogP contribution >= 0.6 is 12.4 Å². The minimum Gasteiger partial charge on any atom is -0.497 e. The number of carboxylic acids is 1. The maximum Gasteiger partial charge on any atom is 0.320 e. The molecule has 3 N–H and O–H groups in total. The third-order valence-corrected chi connectivity index (χ3v) is 2.22. The molecule has 5 heteroatoms. The van der Waals surface area contributed by atoms with E-state index in [1.54, 1.807) is 7.11 Å². The molecule has 0 fully saturated rings. The van der Waals surface area contributed by atoms with Crippen molar-refractivity contribution in [2.75, 3.05) is 7.11 Å². The summed E-state index contributed by atoms with van der Waals surface area (Å²) < 4.78 is 5.01. The molecule has 0 radical (unpaired) electrons. The molecular weight excluding hydrogens is 230 g/mol. The van der Waals surface area contributed by atoms with Gasteiger partial charge >= 0.3 is 5.97 Å². The van der Waals surface area contributed by atoms with Gasteiger partial charge in [0.05, 0.1) is 7.11 Å². The van der Waals surface area contributed by atoms with Crippen molar-refractivity contribution in [2.45, 2.75) is 18.9 Å². The van der Waals surface area contributed by atoms with Crippen molar-refractivity contribution in [1.29, 1.82) is 0 Å². The van der Waals surface area contributed by atoms with E-state index in [0.29, 0.717) is 12.8 Å². The molecule has 0 aliphatic heterocycles. The summed E-state index contributed by atoms with van der Waals surface area (Å²) in [6.45, 7) is 0. The van der Waals surface area contributed by atoms with E-state index < -0.39 is 12.0 Å². The van der Waals surface area contributed by atoms with E-state index in [0.717, 1.165) is 11.3 Å². The van der Waals surface area contributed by atoms with Crippen LogP contribution in [0.25, 0.3) is 0 Å². The van der Waals surface area contributed by atoms with Crippen LogP contribution in [0, 0.1) is 0 Å². The van der Waals surface area contributed by atoms with Crippen LogP contribution in [-0.4, -0.2) is 24.2 Å². The number of benzene rings is 1. The van der Waals surface area contributed by atoms with Crippen molar-refractivity contribution in [3.8, 4) is 5.75 Å². The van der Waals surface area contributed by atoms with Gasteiger partial charge in [0, 0.05) is 0 Å². The zero-order valence-corrected chi connectivity index (χ0v) is 9.87. The molecule has 0 bridgehead atoms. The molecule has 0 aliphatic rings. The number of aryl methyl sites for hydroxylation is 1. The molecule has 1 atom stereocenters. The highest BCUT2D eigenvalue weighted by molar-refractivity contribution is 5.85. The Kier molecular flexibility index (Phi) is 6.53. The Labute approximate surface area is 101 Å². The van der Waals surface area contributed by atoms with Crippen LogP contribution in [0.15, 0.2) is 24.3 Å². The Morgan fingerprint density at radius 3 is 2.44 bits per heavy atom. The molecule has 1 aromatic rings. The largest absolute Gasteiger partial charge is 0.497 e. The van der Waals surface area contributed by atoms with Gasteiger partial charge in [0.15, 0.2) is 0 Å². The summed E-state index contributed by atoms with van der Waals surface area (Å²) in [5.74, 6) is -0.162. The maximum absolute atomic E-state index is 10.5. The fourth-order valence-corrected chi connectivity index (χ4v) is 1.24. The quantitative estimate of drug-likeness (QED) is 0.824. The number of carboxylic acid groups (broad SMARTS) is 1. The van der Waals surface area contributed by atoms with Crippen LogP contribution in [0.1, 0.15) is 12.0 Å². The third kappa shape index (κ3) is 4.51. The highest BCUT2D eigenvalue weighted by atomic mass is 35.5. The normalized spacial score (nSPS) is 11.4. The molecule has 1 unspecified atom stereocenters. The number of ether oxygens (including phenoxy) is 1. The van der Waals surface area contributed by atoms with Gasteiger partial charge in [0.25, 0.3) is 0 Å². The van der Waals surface area contributed by atoms with E-state index in [1.807, 2.05) is 24.3 Å². The van der Waals surface area contributed by atoms with Crippen molar-refractivity contribution in [3.05, 3.63) is 29.8 Å². The zero-order chi connectivity index (χ0) is 11.3. The first-order chi connectivity index (χ1) is 7.13. The molecule has 0 amide bonds. The lowest BCUT2D eigenvalue weighted by atomic mass is 10.1. The average molecular weight is 246 g/mol. The van der Waals surface area contributed by atoms with Crippen molar-refractivity contribution in [2.24, 2.45) is 5.73 Å². The van der Waals surface area contributed by atoms with Gasteiger partial charge in [-0.1, -0.05) is 12.1 Å². The summed E-state index contributed by atoms with van der Waals surface area (Å²) in [7, 11) is 1.61. The van der Waals surface area contributed by atoms with Crippen LogP contribution in [0.4, 0.5) is 0 Å². The second-order valence-corrected chi connectivity index (χ2v) is 3.33. The van der Waals surface area contributed by atoms with E-state index in [2.05, 4.69) is 0 Å². The molecule has 90 valence electrons. The maximum atomic E-state index is 10.5. The highest BCUT2D eigenvalue weighted by Crippen LogP contribution is 2.12. The van der Waals surface area contributed by atoms with Crippen molar-refractivity contribution < 1.29 is 14.6 Å². The second kappa shape index (κ2) is 7.09. The van der Waals surface area contributed by atoms with Gasteiger partial charge in [0.1, 0.15) is 11.8 Å². The molecule has 0 saturated heterocycles. The summed E-state index contributed by atoms with van der Waals surface area (Å²) in [6, 6.07) is 6.73. The lowest BCUT2D eigenvalue weighted by molar-refractivity contribution is -0.138. The molecular formula is C11H16ClNO3. The molecule has 0 aliphatic carbocycles. The van der Waals surface area contributed by atoms with E-state index in [4.69, 9.17) is 15.6 Å². The van der Waals surface area contributed by atoms with Gasteiger partial charge < -0.3 is 15.6 Å². The summed E-state index contributed by atoms with van der Waals surface area (Å²) in [5, 5.41) is 8.60. The SMILES string of the molecule is COc1ccc(CCC(N)C(=O)O)cc1.Cl. The number of methoxy groups -OCH3 is 1. The molecule has 0 spiro atoms. The first-order valence-corrected chi connectivity index (χ1v) is 4.75. The highest BCUT2D eigenvalue weighted by Gasteiger charge is 2.10. The first kappa shape index (κ1) is 14.7. The lowest BCUT2D eigenvalue weighted by Crippen LogP contribution is -2.30. The fourth-order valence-electron chi connectivity index (χ4n) is 1.24. The van der Waals surface area contributed by atoms with Gasteiger partial charge in [-0.25, -0.2) is 0 Å². The van der Waals surface area contributed by atoms with Gasteiger partial charge in [-0.3, -0.25) is 4.79 Å². The van der Waals surface area contributed by atoms with Gasteiger partial charge in [0.2, 0.25) is 0 Å². The second-order valence-electron chi connectivity index (χ2n) is 3.33. The number of aliphatic carboxylic acids is 1. The average Bonchev–Trinajstić information content (AvgIpc) is 2.26. The van der Waals surface area contributed by atoms with Crippen molar-refractivity contribution >= 4 is 18.4 Å². The zero-order valence-electron chi connectivity index (χ0n) is 9.05. The van der Waals surface area contributed by atoms with Crippen LogP contribution in [-0.2, 0) is 11.2 Å². The van der Waals surface area contributed by atoms with Crippen LogP contribution in [0.2, 0.25) is 0 Å². The Morgan fingerprint density at radius 2 is 2.00 bits per heavy atom. The van der Waals surface area contributed by atoms with E-state index >= 15 is 0 Å². The molecule has 4 nitrogen and oxygen atoms in total. The number of hydrogen-bond acceptors (Lipinski definition) is 3. The summed E-state index contributed by atoms with van der Waals surface area (Å²) in [6.07, 6.45) is 1.11. The standard InChI is InChI=1S/C11H15NO3.ClH/c1-15-9-5-2-8(3-6-9)4-7-10(12)11(13)14;/h2-3,5-6,10H,4,7,12H2,1H3,(H,13,14);1H. The van der Waals surface area contributed by atoms with Crippen LogP contribution in [0.3, 0.4) is 0 Å². The van der Waals surface area contributed by atoms with Gasteiger partial charge in [-0.2, -0.15) is 0 Å². The smallest absolute Gasteiger partial charge is 0.320 e. The third-order valence-electron chi connectivity index (χ3n) is 2.22. The number of carbonyl (C=O) groups is 1. The fraction of sp³-hybridized carbons (Fsp3) is 0.364. The summed E-state index contributed by atoms with van der Waals surface area (Å²) >= 11 is 0. The Bertz CT molecular complexity index is 327. The molecule has 1 aromatic carbocycles. The topological polar surface area (TPSA) is 72.5 Å². The lowest BCUT2D eigenvalue weighted by Gasteiger charge is -2.06. The van der Waals surface area contributed by atoms with Gasteiger partial charge in [-0.05, 0) is 30.5 Å². The monoisotopic (exact) mass is 245 g/mol. The predicted octanol–water partition coefficient (Wildman–Crippen LogP) is 1.46. The van der Waals surface area contributed by atoms with Crippen LogP contribution < -0.4 is 10.5 Å².